The van der Waals surface area contributed by atoms with Gasteiger partial charge < -0.3 is 9.47 Å². The summed E-state index contributed by atoms with van der Waals surface area (Å²) >= 11 is 1.56. The summed E-state index contributed by atoms with van der Waals surface area (Å²) in [4.78, 5) is 17.9. The van der Waals surface area contributed by atoms with E-state index in [0.717, 1.165) is 41.4 Å². The van der Waals surface area contributed by atoms with E-state index < -0.39 is 0 Å². The molecule has 0 N–H and O–H groups in total. The molecule has 1 aliphatic heterocycles. The molecule has 4 rings (SSSR count). The van der Waals surface area contributed by atoms with Gasteiger partial charge in [-0.25, -0.2) is 4.98 Å². The largest absolute Gasteiger partial charge is 0.496 e. The molecule has 1 aliphatic rings. The number of para-hydroxylation sites is 2. The molecule has 1 atom stereocenters. The van der Waals surface area contributed by atoms with Gasteiger partial charge in [0.05, 0.1) is 30.7 Å². The van der Waals surface area contributed by atoms with E-state index in [0.29, 0.717) is 17.7 Å². The first-order chi connectivity index (χ1) is 13.3. The Kier molecular flexibility index (Phi) is 5.45. The van der Waals surface area contributed by atoms with Crippen LogP contribution in [-0.2, 0) is 17.0 Å². The van der Waals surface area contributed by atoms with Crippen molar-refractivity contribution < 1.29 is 9.47 Å². The fourth-order valence-corrected chi connectivity index (χ4v) is 4.37. The van der Waals surface area contributed by atoms with E-state index in [1.165, 1.54) is 0 Å². The number of methoxy groups -OCH3 is 1. The average Bonchev–Trinajstić information content (AvgIpc) is 3.22. The van der Waals surface area contributed by atoms with Gasteiger partial charge in [-0.2, -0.15) is 0 Å². The predicted molar refractivity (Wildman–Crippen MR) is 108 cm³/mol. The first-order valence-corrected chi connectivity index (χ1v) is 10.1. The molecule has 0 aliphatic carbocycles. The summed E-state index contributed by atoms with van der Waals surface area (Å²) < 4.78 is 13.0. The van der Waals surface area contributed by atoms with Gasteiger partial charge in [0.15, 0.2) is 5.16 Å². The number of benzene rings is 2. The molecule has 27 heavy (non-hydrogen) atoms. The van der Waals surface area contributed by atoms with E-state index in [9.17, 15) is 4.79 Å². The number of fused-ring (bicyclic) bond motifs is 1. The van der Waals surface area contributed by atoms with E-state index in [1.54, 1.807) is 23.4 Å². The second-order valence-electron chi connectivity index (χ2n) is 6.56. The van der Waals surface area contributed by atoms with Crippen molar-refractivity contribution in [2.24, 2.45) is 0 Å². The van der Waals surface area contributed by atoms with Gasteiger partial charge in [0.1, 0.15) is 5.75 Å². The second kappa shape index (κ2) is 8.15. The highest BCUT2D eigenvalue weighted by Crippen LogP contribution is 2.28. The number of thioether (sulfide) groups is 1. The quantitative estimate of drug-likeness (QED) is 0.478. The van der Waals surface area contributed by atoms with Gasteiger partial charge in [0.2, 0.25) is 0 Å². The Labute approximate surface area is 162 Å². The molecule has 1 saturated heterocycles. The van der Waals surface area contributed by atoms with Crippen molar-refractivity contribution in [1.29, 1.82) is 0 Å². The zero-order valence-electron chi connectivity index (χ0n) is 15.3. The Hall–Kier alpha value is -2.31. The lowest BCUT2D eigenvalue weighted by atomic mass is 10.2. The number of rotatable bonds is 6. The molecular weight excluding hydrogens is 360 g/mol. The van der Waals surface area contributed by atoms with E-state index in [4.69, 9.17) is 14.5 Å². The van der Waals surface area contributed by atoms with Crippen molar-refractivity contribution in [3.63, 3.8) is 0 Å². The van der Waals surface area contributed by atoms with Gasteiger partial charge in [-0.05, 0) is 31.0 Å². The summed E-state index contributed by atoms with van der Waals surface area (Å²) in [6.07, 6.45) is 2.11. The molecule has 2 aromatic carbocycles. The van der Waals surface area contributed by atoms with Crippen molar-refractivity contribution >= 4 is 22.7 Å². The van der Waals surface area contributed by atoms with Crippen LogP contribution < -0.4 is 10.3 Å². The minimum atomic E-state index is -0.00127. The summed E-state index contributed by atoms with van der Waals surface area (Å²) in [5.41, 5.74) is 1.81. The monoisotopic (exact) mass is 382 g/mol. The lowest BCUT2D eigenvalue weighted by molar-refractivity contribution is 0.0937. The van der Waals surface area contributed by atoms with E-state index >= 15 is 0 Å². The lowest BCUT2D eigenvalue weighted by Gasteiger charge is -2.17. The van der Waals surface area contributed by atoms with Crippen molar-refractivity contribution in [2.45, 2.75) is 36.4 Å². The Bertz CT molecular complexity index is 996. The maximum Gasteiger partial charge on any atom is 0.262 e. The number of nitrogens with zero attached hydrogens (tertiary/aromatic N) is 2. The van der Waals surface area contributed by atoms with Crippen LogP contribution in [0.5, 0.6) is 5.75 Å². The van der Waals surface area contributed by atoms with Crippen LogP contribution in [0.4, 0.5) is 0 Å². The Morgan fingerprint density at radius 1 is 1.22 bits per heavy atom. The van der Waals surface area contributed by atoms with Crippen LogP contribution in [0, 0.1) is 0 Å². The third-order valence-corrected chi connectivity index (χ3v) is 5.81. The van der Waals surface area contributed by atoms with Crippen molar-refractivity contribution in [3.05, 3.63) is 64.4 Å². The molecule has 5 nitrogen and oxygen atoms in total. The average molecular weight is 382 g/mol. The SMILES string of the molecule is COc1ccccc1CSc1nc2ccccc2c(=O)n1C[C@H]1CCCO1. The Morgan fingerprint density at radius 2 is 2.04 bits per heavy atom. The van der Waals surface area contributed by atoms with Crippen LogP contribution in [-0.4, -0.2) is 29.4 Å². The molecule has 0 unspecified atom stereocenters. The molecular formula is C21H22N2O3S. The molecule has 1 fully saturated rings. The van der Waals surface area contributed by atoms with Gasteiger partial charge in [0.25, 0.3) is 5.56 Å². The van der Waals surface area contributed by atoms with Gasteiger partial charge >= 0.3 is 0 Å². The van der Waals surface area contributed by atoms with Crippen LogP contribution in [0.3, 0.4) is 0 Å². The minimum absolute atomic E-state index is 0.00127. The highest BCUT2D eigenvalue weighted by Gasteiger charge is 2.20. The lowest BCUT2D eigenvalue weighted by Crippen LogP contribution is -2.28. The molecule has 0 amide bonds. The third kappa shape index (κ3) is 3.87. The predicted octanol–water partition coefficient (Wildman–Crippen LogP) is 3.88. The van der Waals surface area contributed by atoms with Crippen LogP contribution in [0.1, 0.15) is 18.4 Å². The molecule has 1 aromatic heterocycles. The van der Waals surface area contributed by atoms with E-state index in [1.807, 2.05) is 48.5 Å². The van der Waals surface area contributed by atoms with Gasteiger partial charge in [-0.1, -0.05) is 42.1 Å². The summed E-state index contributed by atoms with van der Waals surface area (Å²) in [5.74, 6) is 1.53. The molecule has 140 valence electrons. The number of aromatic nitrogens is 2. The number of hydrogen-bond acceptors (Lipinski definition) is 5. The standard InChI is InChI=1S/C21H22N2O3S/c1-25-19-11-5-2-7-15(19)14-27-21-22-18-10-4-3-9-17(18)20(24)23(21)13-16-8-6-12-26-16/h2-5,7,9-11,16H,6,8,12-14H2,1H3/t16-/m1/s1. The Morgan fingerprint density at radius 3 is 2.85 bits per heavy atom. The highest BCUT2D eigenvalue weighted by molar-refractivity contribution is 7.98. The van der Waals surface area contributed by atoms with Crippen LogP contribution in [0.15, 0.2) is 58.5 Å². The summed E-state index contributed by atoms with van der Waals surface area (Å²) in [5, 5.41) is 1.37. The second-order valence-corrected chi connectivity index (χ2v) is 7.51. The minimum Gasteiger partial charge on any atom is -0.496 e. The van der Waals surface area contributed by atoms with E-state index in [2.05, 4.69) is 0 Å². The Balaban J connectivity index is 1.70. The fraction of sp³-hybridized carbons (Fsp3) is 0.333. The molecule has 0 radical (unpaired) electrons. The highest BCUT2D eigenvalue weighted by atomic mass is 32.2. The molecule has 2 heterocycles. The fourth-order valence-electron chi connectivity index (χ4n) is 3.38. The zero-order valence-corrected chi connectivity index (χ0v) is 16.1. The van der Waals surface area contributed by atoms with Crippen LogP contribution >= 0.6 is 11.8 Å². The van der Waals surface area contributed by atoms with Crippen molar-refractivity contribution in [3.8, 4) is 5.75 Å². The van der Waals surface area contributed by atoms with Crippen molar-refractivity contribution in [2.75, 3.05) is 13.7 Å². The molecule has 0 spiro atoms. The first kappa shape index (κ1) is 18.1. The molecule has 0 bridgehead atoms. The number of ether oxygens (including phenoxy) is 2. The third-order valence-electron chi connectivity index (χ3n) is 4.79. The van der Waals surface area contributed by atoms with Crippen LogP contribution in [0.25, 0.3) is 10.9 Å². The summed E-state index contributed by atoms with van der Waals surface area (Å²) in [7, 11) is 1.67. The van der Waals surface area contributed by atoms with Crippen LogP contribution in [0.2, 0.25) is 0 Å². The van der Waals surface area contributed by atoms with E-state index in [-0.39, 0.29) is 11.7 Å². The smallest absolute Gasteiger partial charge is 0.262 e. The van der Waals surface area contributed by atoms with Gasteiger partial charge in [-0.15, -0.1) is 0 Å². The van der Waals surface area contributed by atoms with Gasteiger partial charge in [0, 0.05) is 17.9 Å². The maximum atomic E-state index is 13.1. The molecule has 0 saturated carbocycles. The molecule has 3 aromatic rings. The molecule has 6 heteroatoms. The van der Waals surface area contributed by atoms with Gasteiger partial charge in [-0.3, -0.25) is 9.36 Å². The topological polar surface area (TPSA) is 53.3 Å². The normalized spacial score (nSPS) is 16.7. The maximum absolute atomic E-state index is 13.1. The number of hydrogen-bond donors (Lipinski definition) is 0. The summed E-state index contributed by atoms with van der Waals surface area (Å²) in [6.45, 7) is 1.31. The van der Waals surface area contributed by atoms with Crippen molar-refractivity contribution in [1.82, 2.24) is 9.55 Å². The zero-order chi connectivity index (χ0) is 18.6. The summed E-state index contributed by atoms with van der Waals surface area (Å²) in [6, 6.07) is 15.4. The first-order valence-electron chi connectivity index (χ1n) is 9.12.